The molecule has 0 saturated heterocycles. The van der Waals surface area contributed by atoms with Crippen molar-refractivity contribution in [3.05, 3.63) is 328 Å². The van der Waals surface area contributed by atoms with Crippen LogP contribution >= 0.6 is 0 Å². The number of hydrogen-bond acceptors (Lipinski definition) is 0. The van der Waals surface area contributed by atoms with E-state index in [2.05, 4.69) is 360 Å². The summed E-state index contributed by atoms with van der Waals surface area (Å²) in [5, 5.41) is 19.7. The lowest BCUT2D eigenvalue weighted by molar-refractivity contribution is 0.759. The summed E-state index contributed by atoms with van der Waals surface area (Å²) in [7, 11) is 0. The maximum Gasteiger partial charge on any atom is -0.0120 e. The van der Waals surface area contributed by atoms with Gasteiger partial charge in [0.15, 0.2) is 0 Å². The molecule has 0 unspecified atom stereocenters. The Bertz CT molecular complexity index is 4970. The van der Waals surface area contributed by atoms with E-state index in [1.54, 1.807) is 22.3 Å². The molecule has 0 fully saturated rings. The van der Waals surface area contributed by atoms with Crippen molar-refractivity contribution in [1.29, 1.82) is 0 Å². The van der Waals surface area contributed by atoms with Gasteiger partial charge in [-0.1, -0.05) is 264 Å². The fourth-order valence-electron chi connectivity index (χ4n) is 15.4. The molecule has 0 N–H and O–H groups in total. The largest absolute Gasteiger partial charge is 0.0654 e. The molecule has 0 aliphatic heterocycles. The zero-order valence-electron chi connectivity index (χ0n) is 70.0. The predicted molar refractivity (Wildman–Crippen MR) is 477 cm³/mol. The van der Waals surface area contributed by atoms with Gasteiger partial charge in [0.25, 0.3) is 0 Å². The van der Waals surface area contributed by atoms with Crippen LogP contribution in [0.5, 0.6) is 0 Å². The van der Waals surface area contributed by atoms with Crippen LogP contribution in [0.2, 0.25) is 0 Å². The second-order valence-electron chi connectivity index (χ2n) is 31.1. The van der Waals surface area contributed by atoms with E-state index in [-0.39, 0.29) is 0 Å². The van der Waals surface area contributed by atoms with Crippen LogP contribution in [0.25, 0.3) is 75.4 Å². The second-order valence-corrected chi connectivity index (χ2v) is 31.1. The molecule has 0 heteroatoms. The first kappa shape index (κ1) is 82.6. The topological polar surface area (TPSA) is 0 Å². The maximum absolute atomic E-state index is 2.50. The minimum absolute atomic E-state index is 1.23. The standard InChI is InChI=1S/C22H32.C20H28.2C14H16.3C12H12/c1-7-9-11-19-13-21-17(5)15(3)16(4)18(6)22(21)14-20(19)12-10-8-2;1-5-7-9-17-13-19-15(3)11-12-16(4)20(19)14-18(17)10-8-6-2;1-9-5-6-13-12(4)10(2)8-11(3)14(13)7-9;1-9-5-6-11(3)14-12(4)8-7-10(2)13(9)14;1-9-3-5-11-6-4-10(2)8-12(11)7-9;1-9-5-3-8-12-10(2)6-4-7-11(9)12;1-9-7-8-10(2)12-6-4-3-5-11(9)12/h13-14H,7-12H2,1-6H3;11-14H,5-10H2,1-4H3;2*5-8H,1-4H3;3*3-8H,1-2H3. The highest BCUT2D eigenvalue weighted by Gasteiger charge is 2.15. The molecule has 0 aromatic heterocycles. The number of rotatable bonds is 12. The Morgan fingerprint density at radius 2 is 0.472 bits per heavy atom. The number of fused-ring (bicyclic) bond motifs is 7. The summed E-state index contributed by atoms with van der Waals surface area (Å²) in [6, 6.07) is 71.2. The Balaban J connectivity index is 0.000000158. The quantitative estimate of drug-likeness (QED) is 0.114. The van der Waals surface area contributed by atoms with Gasteiger partial charge >= 0.3 is 0 Å². The van der Waals surface area contributed by atoms with Gasteiger partial charge in [0.05, 0.1) is 0 Å². The Kier molecular flexibility index (Phi) is 30.3. The molecule has 0 amide bonds. The minimum Gasteiger partial charge on any atom is -0.0654 e. The molecule has 14 aromatic rings. The molecule has 0 radical (unpaired) electrons. The van der Waals surface area contributed by atoms with E-state index in [1.807, 2.05) is 0 Å². The fraction of sp³-hybridized carbons (Fsp3) is 0.340. The number of unbranched alkanes of at least 4 members (excludes halogenated alkanes) is 4. The minimum atomic E-state index is 1.23. The molecule has 0 heterocycles. The van der Waals surface area contributed by atoms with Gasteiger partial charge in [-0.3, -0.25) is 0 Å². The molecule has 14 aromatic carbocycles. The van der Waals surface area contributed by atoms with Crippen molar-refractivity contribution in [3.63, 3.8) is 0 Å². The lowest BCUT2D eigenvalue weighted by Crippen LogP contribution is -2.00. The van der Waals surface area contributed by atoms with E-state index in [0.29, 0.717) is 0 Å². The molecule has 552 valence electrons. The van der Waals surface area contributed by atoms with Gasteiger partial charge in [-0.25, -0.2) is 0 Å². The van der Waals surface area contributed by atoms with Crippen molar-refractivity contribution >= 4 is 75.4 Å². The predicted octanol–water partition coefficient (Wildman–Crippen LogP) is 31.4. The van der Waals surface area contributed by atoms with Crippen LogP contribution in [0.3, 0.4) is 0 Å². The van der Waals surface area contributed by atoms with E-state index < -0.39 is 0 Å². The fourth-order valence-corrected chi connectivity index (χ4v) is 15.4. The van der Waals surface area contributed by atoms with Crippen molar-refractivity contribution in [2.75, 3.05) is 0 Å². The second kappa shape index (κ2) is 39.0. The van der Waals surface area contributed by atoms with Gasteiger partial charge in [0.1, 0.15) is 0 Å². The van der Waals surface area contributed by atoms with Gasteiger partial charge in [-0.05, 0) is 382 Å². The third kappa shape index (κ3) is 20.7. The Hall–Kier alpha value is -9.10. The number of aryl methyl sites for hydroxylation is 22. The Labute approximate surface area is 642 Å². The summed E-state index contributed by atoms with van der Waals surface area (Å²) in [6.45, 7) is 53.1. The molecule has 106 heavy (non-hydrogen) atoms. The first-order valence-corrected chi connectivity index (χ1v) is 40.1. The molecule has 0 saturated carbocycles. The van der Waals surface area contributed by atoms with Crippen molar-refractivity contribution in [2.45, 2.75) is 243 Å². The summed E-state index contributed by atoms with van der Waals surface area (Å²) >= 11 is 0. The molecule has 14 rings (SSSR count). The lowest BCUT2D eigenvalue weighted by atomic mass is 9.87. The molecule has 0 atom stereocenters. The zero-order valence-corrected chi connectivity index (χ0v) is 70.0. The van der Waals surface area contributed by atoms with Crippen LogP contribution in [0, 0.1) is 138 Å². The highest BCUT2D eigenvalue weighted by Crippen LogP contribution is 2.35. The zero-order chi connectivity index (χ0) is 77.1. The maximum atomic E-state index is 2.50. The normalized spacial score (nSPS) is 10.9. The van der Waals surface area contributed by atoms with Crippen molar-refractivity contribution < 1.29 is 0 Å². The Morgan fingerprint density at radius 3 is 0.830 bits per heavy atom. The van der Waals surface area contributed by atoms with Crippen LogP contribution < -0.4 is 0 Å². The molecule has 0 bridgehead atoms. The lowest BCUT2D eigenvalue weighted by Gasteiger charge is -2.18. The van der Waals surface area contributed by atoms with Crippen LogP contribution in [0.15, 0.2) is 194 Å². The van der Waals surface area contributed by atoms with Crippen LogP contribution in [0.1, 0.15) is 213 Å². The molecular weight excluding hydrogens is 1270 g/mol. The number of hydrogen-bond donors (Lipinski definition) is 0. The average molecular weight is 1400 g/mol. The molecule has 0 aliphatic carbocycles. The summed E-state index contributed by atoms with van der Waals surface area (Å²) in [5.41, 5.74) is 34.2. The Morgan fingerprint density at radius 1 is 0.179 bits per heavy atom. The third-order valence-electron chi connectivity index (χ3n) is 22.7. The van der Waals surface area contributed by atoms with Crippen molar-refractivity contribution in [1.82, 2.24) is 0 Å². The van der Waals surface area contributed by atoms with Crippen molar-refractivity contribution in [3.8, 4) is 0 Å². The van der Waals surface area contributed by atoms with Gasteiger partial charge in [0.2, 0.25) is 0 Å². The first-order chi connectivity index (χ1) is 50.7. The van der Waals surface area contributed by atoms with Crippen LogP contribution in [-0.4, -0.2) is 0 Å². The highest BCUT2D eigenvalue weighted by molar-refractivity contribution is 5.95. The van der Waals surface area contributed by atoms with Gasteiger partial charge in [-0.2, -0.15) is 0 Å². The van der Waals surface area contributed by atoms with Gasteiger partial charge < -0.3 is 0 Å². The summed E-state index contributed by atoms with van der Waals surface area (Å²) in [5.74, 6) is 0. The highest BCUT2D eigenvalue weighted by atomic mass is 14.2. The van der Waals surface area contributed by atoms with E-state index >= 15 is 0 Å². The van der Waals surface area contributed by atoms with Gasteiger partial charge in [0, 0.05) is 0 Å². The van der Waals surface area contributed by atoms with E-state index in [0.717, 1.165) is 0 Å². The smallest absolute Gasteiger partial charge is 0.0120 e. The van der Waals surface area contributed by atoms with E-state index in [1.165, 1.54) is 264 Å². The molecular formula is C106H128. The summed E-state index contributed by atoms with van der Waals surface area (Å²) in [4.78, 5) is 0. The van der Waals surface area contributed by atoms with Gasteiger partial charge in [-0.15, -0.1) is 0 Å². The molecule has 0 nitrogen and oxygen atoms in total. The number of benzene rings is 14. The third-order valence-corrected chi connectivity index (χ3v) is 22.7. The van der Waals surface area contributed by atoms with Crippen LogP contribution in [0.4, 0.5) is 0 Å². The van der Waals surface area contributed by atoms with E-state index in [9.17, 15) is 0 Å². The SMILES string of the molecule is CCCCc1cc2c(C)c(C)c(C)c(C)c2cc1CCCC.CCCCc1cc2c(C)ccc(C)c2cc1CCCC.Cc1ccc(C)c2c(C)ccc(C)c12.Cc1ccc(C)c2ccccc12.Cc1ccc2c(C)c(C)cc(C)c2c1.Cc1ccc2ccc(C)cc2c1.Cc1cccc2c(C)cccc12. The monoisotopic (exact) mass is 1400 g/mol. The average Bonchev–Trinajstić information content (AvgIpc) is 0.768. The summed E-state index contributed by atoms with van der Waals surface area (Å²) in [6.07, 6.45) is 15.2. The molecule has 0 spiro atoms. The summed E-state index contributed by atoms with van der Waals surface area (Å²) < 4.78 is 0. The van der Waals surface area contributed by atoms with Crippen LogP contribution in [-0.2, 0) is 25.7 Å². The molecule has 0 aliphatic rings. The first-order valence-electron chi connectivity index (χ1n) is 40.1. The van der Waals surface area contributed by atoms with E-state index in [4.69, 9.17) is 0 Å². The van der Waals surface area contributed by atoms with Crippen molar-refractivity contribution in [2.24, 2.45) is 0 Å².